The minimum atomic E-state index is -3.86. The van der Waals surface area contributed by atoms with E-state index in [0.29, 0.717) is 24.0 Å². The molecule has 0 radical (unpaired) electrons. The topological polar surface area (TPSA) is 114 Å². The van der Waals surface area contributed by atoms with Gasteiger partial charge in [-0.1, -0.05) is 24.4 Å². The molecule has 1 N–H and O–H groups in total. The van der Waals surface area contributed by atoms with E-state index in [-0.39, 0.29) is 33.4 Å². The van der Waals surface area contributed by atoms with Crippen molar-refractivity contribution in [2.24, 2.45) is 0 Å². The average Bonchev–Trinajstić information content (AvgIpc) is 3.07. The number of hydrogen-bond acceptors (Lipinski definition) is 7. The predicted molar refractivity (Wildman–Crippen MR) is 122 cm³/mol. The molecule has 0 unspecified atom stereocenters. The zero-order valence-corrected chi connectivity index (χ0v) is 19.2. The van der Waals surface area contributed by atoms with Crippen LogP contribution in [0.3, 0.4) is 0 Å². The second-order valence-electron chi connectivity index (χ2n) is 7.81. The Morgan fingerprint density at radius 2 is 1.79 bits per heavy atom. The number of carbonyl (C=O) groups excluding carboxylic acids is 1. The fourth-order valence-electron chi connectivity index (χ4n) is 3.81. The van der Waals surface area contributed by atoms with E-state index in [1.807, 2.05) is 0 Å². The molecule has 0 saturated carbocycles. The van der Waals surface area contributed by atoms with Crippen molar-refractivity contribution >= 4 is 38.6 Å². The highest BCUT2D eigenvalue weighted by Gasteiger charge is 2.28. The predicted octanol–water partition coefficient (Wildman–Crippen LogP) is 4.07. The molecule has 174 valence electrons. The van der Waals surface area contributed by atoms with Crippen LogP contribution in [0.4, 0.5) is 0 Å². The number of benzene rings is 2. The number of aromatic hydroxyl groups is 1. The second-order valence-corrected chi connectivity index (χ2v) is 10.1. The fraction of sp³-hybridized carbons (Fsp3) is 0.304. The van der Waals surface area contributed by atoms with Crippen LogP contribution < -0.4 is 5.63 Å². The largest absolute Gasteiger partial charge is 0.508 e. The second kappa shape index (κ2) is 9.54. The minimum Gasteiger partial charge on any atom is -0.508 e. The first-order valence-electron chi connectivity index (χ1n) is 10.5. The maximum absolute atomic E-state index is 13.2. The summed E-state index contributed by atoms with van der Waals surface area (Å²) in [7, 11) is -3.86. The van der Waals surface area contributed by atoms with E-state index in [9.17, 15) is 23.1 Å². The van der Waals surface area contributed by atoms with Gasteiger partial charge in [0.05, 0.1) is 10.6 Å². The number of nitrogens with zero attached hydrogens (tertiary/aromatic N) is 1. The van der Waals surface area contributed by atoms with Crippen molar-refractivity contribution in [2.45, 2.75) is 37.2 Å². The molecule has 33 heavy (non-hydrogen) atoms. The van der Waals surface area contributed by atoms with Crippen LogP contribution >= 0.6 is 11.6 Å². The Labute approximate surface area is 195 Å². The molecule has 2 aromatic carbocycles. The molecule has 1 aliphatic rings. The normalized spacial score (nSPS) is 15.3. The van der Waals surface area contributed by atoms with E-state index in [4.69, 9.17) is 20.8 Å². The van der Waals surface area contributed by atoms with Crippen LogP contribution in [0.1, 0.15) is 41.6 Å². The Hall–Kier alpha value is -2.88. The highest BCUT2D eigenvalue weighted by molar-refractivity contribution is 7.89. The third-order valence-electron chi connectivity index (χ3n) is 5.52. The average molecular weight is 492 g/mol. The van der Waals surface area contributed by atoms with Crippen molar-refractivity contribution in [1.29, 1.82) is 0 Å². The quantitative estimate of drug-likeness (QED) is 0.422. The van der Waals surface area contributed by atoms with Crippen molar-refractivity contribution in [3.05, 3.63) is 69.0 Å². The van der Waals surface area contributed by atoms with Crippen molar-refractivity contribution in [3.63, 3.8) is 0 Å². The minimum absolute atomic E-state index is 0.0257. The fourth-order valence-corrected chi connectivity index (χ4v) is 5.83. The molecule has 8 nitrogen and oxygen atoms in total. The summed E-state index contributed by atoms with van der Waals surface area (Å²) < 4.78 is 38.1. The zero-order valence-electron chi connectivity index (χ0n) is 17.6. The number of rotatable bonds is 5. The van der Waals surface area contributed by atoms with Gasteiger partial charge < -0.3 is 14.3 Å². The molecule has 2 heterocycles. The van der Waals surface area contributed by atoms with Gasteiger partial charge in [0.2, 0.25) is 10.0 Å². The van der Waals surface area contributed by atoms with Gasteiger partial charge in [-0.25, -0.2) is 18.0 Å². The summed E-state index contributed by atoms with van der Waals surface area (Å²) in [6, 6.07) is 9.43. The Kier molecular flexibility index (Phi) is 6.73. The summed E-state index contributed by atoms with van der Waals surface area (Å²) in [4.78, 5) is 24.4. The molecular formula is C23H22ClNO7S. The van der Waals surface area contributed by atoms with E-state index in [0.717, 1.165) is 25.7 Å². The van der Waals surface area contributed by atoms with Crippen LogP contribution in [-0.2, 0) is 21.4 Å². The van der Waals surface area contributed by atoms with E-state index in [1.54, 1.807) is 6.07 Å². The summed E-state index contributed by atoms with van der Waals surface area (Å²) in [5.74, 6) is -0.835. The van der Waals surface area contributed by atoms with Gasteiger partial charge in [-0.3, -0.25) is 0 Å². The number of fused-ring (bicyclic) bond motifs is 1. The Balaban J connectivity index is 1.58. The highest BCUT2D eigenvalue weighted by Crippen LogP contribution is 2.28. The first-order valence-corrected chi connectivity index (χ1v) is 12.3. The number of esters is 1. The number of phenolic OH excluding ortho intramolecular Hbond substituents is 1. The number of ether oxygens (including phenoxy) is 1. The molecule has 1 fully saturated rings. The molecule has 1 saturated heterocycles. The number of hydrogen-bond donors (Lipinski definition) is 1. The van der Waals surface area contributed by atoms with Gasteiger partial charge in [-0.05, 0) is 43.2 Å². The number of carbonyl (C=O) groups is 1. The van der Waals surface area contributed by atoms with Gasteiger partial charge >= 0.3 is 11.6 Å². The van der Waals surface area contributed by atoms with Gasteiger partial charge in [0.25, 0.3) is 0 Å². The third-order valence-corrected chi connectivity index (χ3v) is 7.90. The van der Waals surface area contributed by atoms with Crippen LogP contribution in [0, 0.1) is 0 Å². The maximum atomic E-state index is 13.2. The van der Waals surface area contributed by atoms with Crippen LogP contribution in [-0.4, -0.2) is 36.9 Å². The first-order chi connectivity index (χ1) is 15.8. The lowest BCUT2D eigenvalue weighted by Crippen LogP contribution is -2.32. The van der Waals surface area contributed by atoms with Crippen molar-refractivity contribution < 1.29 is 27.5 Å². The maximum Gasteiger partial charge on any atom is 0.338 e. The molecule has 4 rings (SSSR count). The summed E-state index contributed by atoms with van der Waals surface area (Å²) in [5.41, 5.74) is -0.0824. The van der Waals surface area contributed by atoms with Crippen LogP contribution in [0.5, 0.6) is 5.75 Å². The van der Waals surface area contributed by atoms with E-state index in [1.165, 1.54) is 40.7 Å². The molecule has 1 aliphatic heterocycles. The van der Waals surface area contributed by atoms with Crippen molar-refractivity contribution in [2.75, 3.05) is 13.1 Å². The van der Waals surface area contributed by atoms with Crippen molar-refractivity contribution in [1.82, 2.24) is 4.31 Å². The van der Waals surface area contributed by atoms with Gasteiger partial charge in [-0.2, -0.15) is 4.31 Å². The molecule has 0 spiro atoms. The molecule has 3 aromatic rings. The monoisotopic (exact) mass is 491 g/mol. The van der Waals surface area contributed by atoms with Gasteiger partial charge in [0, 0.05) is 36.2 Å². The van der Waals surface area contributed by atoms with Crippen LogP contribution in [0.2, 0.25) is 5.02 Å². The number of sulfonamides is 1. The zero-order chi connectivity index (χ0) is 23.6. The Morgan fingerprint density at radius 1 is 1.06 bits per heavy atom. The van der Waals surface area contributed by atoms with E-state index >= 15 is 0 Å². The third kappa shape index (κ3) is 5.05. The smallest absolute Gasteiger partial charge is 0.338 e. The first kappa shape index (κ1) is 23.3. The Morgan fingerprint density at radius 3 is 2.52 bits per heavy atom. The summed E-state index contributed by atoms with van der Waals surface area (Å²) >= 11 is 6.19. The van der Waals surface area contributed by atoms with Crippen LogP contribution in [0.25, 0.3) is 11.0 Å². The standard InChI is InChI=1S/C23H22ClNO7S/c24-19-8-5-15(11-21(19)33(29,30)25-9-3-1-2-4-10-25)23(28)31-14-16-12-22(27)32-20-13-17(26)6-7-18(16)20/h5-8,11-13,26H,1-4,9-10,14H2. The highest BCUT2D eigenvalue weighted by atomic mass is 35.5. The summed E-state index contributed by atoms with van der Waals surface area (Å²) in [6.07, 6.45) is 3.49. The molecular weight excluding hydrogens is 470 g/mol. The number of halogens is 1. The molecule has 0 bridgehead atoms. The molecule has 0 aliphatic carbocycles. The molecule has 10 heteroatoms. The lowest BCUT2D eigenvalue weighted by molar-refractivity contribution is 0.0473. The lowest BCUT2D eigenvalue weighted by atomic mass is 10.1. The SMILES string of the molecule is O=C(OCc1cc(=O)oc2cc(O)ccc12)c1ccc(Cl)c(S(=O)(=O)N2CCCCCC2)c1. The Bertz CT molecular complexity index is 1360. The van der Waals surface area contributed by atoms with Gasteiger partial charge in [0.15, 0.2) is 0 Å². The molecule has 0 amide bonds. The van der Waals surface area contributed by atoms with Crippen LogP contribution in [0.15, 0.2) is 56.6 Å². The van der Waals surface area contributed by atoms with Gasteiger partial charge in [0.1, 0.15) is 22.8 Å². The summed E-state index contributed by atoms with van der Waals surface area (Å²) in [6.45, 7) is 0.571. The summed E-state index contributed by atoms with van der Waals surface area (Å²) in [5, 5.41) is 10.1. The lowest BCUT2D eigenvalue weighted by Gasteiger charge is -2.21. The molecule has 0 atom stereocenters. The molecule has 1 aromatic heterocycles. The van der Waals surface area contributed by atoms with Gasteiger partial charge in [-0.15, -0.1) is 0 Å². The van der Waals surface area contributed by atoms with E-state index < -0.39 is 21.6 Å². The van der Waals surface area contributed by atoms with Crippen molar-refractivity contribution in [3.8, 4) is 5.75 Å². The van der Waals surface area contributed by atoms with E-state index in [2.05, 4.69) is 0 Å². The number of phenols is 1.